The van der Waals surface area contributed by atoms with Gasteiger partial charge in [-0.15, -0.1) is 0 Å². The molecular formula is C15H21N5O3. The monoisotopic (exact) mass is 319 g/mol. The lowest BCUT2D eigenvalue weighted by atomic mass is 10.1. The van der Waals surface area contributed by atoms with E-state index in [0.717, 1.165) is 29.9 Å². The van der Waals surface area contributed by atoms with Crippen LogP contribution in [0.25, 0.3) is 0 Å². The van der Waals surface area contributed by atoms with Crippen molar-refractivity contribution in [3.63, 3.8) is 0 Å². The summed E-state index contributed by atoms with van der Waals surface area (Å²) < 4.78 is 8.15. The largest absolute Gasteiger partial charge is 0.361 e. The Balaban J connectivity index is 1.61. The third-order valence-electron chi connectivity index (χ3n) is 4.39. The predicted octanol–water partition coefficient (Wildman–Crippen LogP) is 0.250. The Kier molecular flexibility index (Phi) is 4.06. The van der Waals surface area contributed by atoms with Gasteiger partial charge in [-0.2, -0.15) is 5.10 Å². The number of hydrogen-bond acceptors (Lipinski definition) is 5. The van der Waals surface area contributed by atoms with Crippen LogP contribution in [-0.4, -0.2) is 31.5 Å². The van der Waals surface area contributed by atoms with Crippen LogP contribution in [0, 0.1) is 13.8 Å². The van der Waals surface area contributed by atoms with Gasteiger partial charge in [-0.3, -0.25) is 9.36 Å². The number of rotatable bonds is 3. The van der Waals surface area contributed by atoms with Gasteiger partial charge in [0.1, 0.15) is 11.6 Å². The van der Waals surface area contributed by atoms with Gasteiger partial charge in [-0.25, -0.2) is 9.48 Å². The average molecular weight is 319 g/mol. The fourth-order valence-corrected chi connectivity index (χ4v) is 3.04. The molecule has 0 radical (unpaired) electrons. The van der Waals surface area contributed by atoms with E-state index in [1.54, 1.807) is 11.6 Å². The fraction of sp³-hybridized carbons (Fsp3) is 0.600. The summed E-state index contributed by atoms with van der Waals surface area (Å²) in [6.07, 6.45) is 2.46. The minimum Gasteiger partial charge on any atom is -0.361 e. The Morgan fingerprint density at radius 2 is 2.17 bits per heavy atom. The van der Waals surface area contributed by atoms with E-state index in [1.807, 2.05) is 13.8 Å². The molecule has 124 valence electrons. The predicted molar refractivity (Wildman–Crippen MR) is 82.0 cm³/mol. The Bertz CT molecular complexity index is 766. The molecule has 0 aromatic carbocycles. The molecular weight excluding hydrogens is 298 g/mol. The van der Waals surface area contributed by atoms with Gasteiger partial charge in [0, 0.05) is 31.6 Å². The van der Waals surface area contributed by atoms with Crippen molar-refractivity contribution >= 4 is 5.91 Å². The Hall–Kier alpha value is -2.38. The van der Waals surface area contributed by atoms with Crippen LogP contribution < -0.4 is 11.0 Å². The van der Waals surface area contributed by atoms with Crippen molar-refractivity contribution in [1.29, 1.82) is 0 Å². The summed E-state index contributed by atoms with van der Waals surface area (Å²) in [4.78, 5) is 24.2. The summed E-state index contributed by atoms with van der Waals surface area (Å²) in [5, 5.41) is 11.2. The Labute approximate surface area is 133 Å². The van der Waals surface area contributed by atoms with E-state index < -0.39 is 0 Å². The number of fused-ring (bicyclic) bond motifs is 1. The maximum Gasteiger partial charge on any atom is 0.345 e. The Morgan fingerprint density at radius 3 is 2.87 bits per heavy atom. The molecule has 0 spiro atoms. The van der Waals surface area contributed by atoms with Gasteiger partial charge >= 0.3 is 5.69 Å². The number of nitrogens with one attached hydrogen (secondary N) is 1. The van der Waals surface area contributed by atoms with E-state index in [-0.39, 0.29) is 24.1 Å². The number of nitrogens with zero attached hydrogens (tertiary/aromatic N) is 4. The highest BCUT2D eigenvalue weighted by Crippen LogP contribution is 2.15. The van der Waals surface area contributed by atoms with Gasteiger partial charge in [-0.05, 0) is 26.7 Å². The van der Waals surface area contributed by atoms with Crippen LogP contribution in [0.2, 0.25) is 0 Å². The van der Waals surface area contributed by atoms with Crippen molar-refractivity contribution < 1.29 is 9.32 Å². The molecule has 8 nitrogen and oxygen atoms in total. The zero-order chi connectivity index (χ0) is 16.6. The first kappa shape index (κ1) is 15.5. The molecule has 2 aromatic rings. The Morgan fingerprint density at radius 1 is 1.39 bits per heavy atom. The maximum atomic E-state index is 12.3. The second kappa shape index (κ2) is 6.02. The van der Waals surface area contributed by atoms with Crippen LogP contribution in [0.5, 0.6) is 0 Å². The number of aromatic nitrogens is 4. The molecule has 0 aliphatic carbocycles. The lowest BCUT2D eigenvalue weighted by molar-refractivity contribution is -0.121. The molecule has 3 rings (SSSR count). The van der Waals surface area contributed by atoms with Crippen molar-refractivity contribution in [1.82, 2.24) is 24.8 Å². The molecule has 1 atom stereocenters. The third kappa shape index (κ3) is 3.06. The van der Waals surface area contributed by atoms with Crippen molar-refractivity contribution in [2.45, 2.75) is 52.1 Å². The zero-order valence-corrected chi connectivity index (χ0v) is 13.6. The number of carbonyl (C=O) groups excluding carboxylic acids is 1. The third-order valence-corrected chi connectivity index (χ3v) is 4.39. The summed E-state index contributed by atoms with van der Waals surface area (Å²) in [6.45, 7) is 4.22. The standard InChI is InChI=1S/C15H21N5O3/c1-9-12(10(2)23-18-9)8-14(21)16-11-4-5-13-17-19(3)15(22)20(13)7-6-11/h11H,4-8H2,1-3H3,(H,16,21). The van der Waals surface area contributed by atoms with E-state index in [4.69, 9.17) is 4.52 Å². The topological polar surface area (TPSA) is 95.0 Å². The van der Waals surface area contributed by atoms with Crippen LogP contribution in [0.15, 0.2) is 9.32 Å². The minimum absolute atomic E-state index is 0.0446. The van der Waals surface area contributed by atoms with Crippen LogP contribution >= 0.6 is 0 Å². The van der Waals surface area contributed by atoms with E-state index >= 15 is 0 Å². The van der Waals surface area contributed by atoms with Gasteiger partial charge < -0.3 is 9.84 Å². The SMILES string of the molecule is Cc1noc(C)c1CC(=O)NC1CCc2nn(C)c(=O)n2CC1. The molecule has 0 saturated heterocycles. The molecule has 1 aliphatic heterocycles. The summed E-state index contributed by atoms with van der Waals surface area (Å²) in [5.74, 6) is 1.43. The highest BCUT2D eigenvalue weighted by atomic mass is 16.5. The minimum atomic E-state index is -0.0947. The van der Waals surface area contributed by atoms with Gasteiger partial charge in [0.15, 0.2) is 0 Å². The molecule has 1 N–H and O–H groups in total. The quantitative estimate of drug-likeness (QED) is 0.875. The number of carbonyl (C=O) groups is 1. The van der Waals surface area contributed by atoms with E-state index in [0.29, 0.717) is 18.7 Å². The average Bonchev–Trinajstić information content (AvgIpc) is 2.87. The van der Waals surface area contributed by atoms with Crippen LogP contribution in [0.4, 0.5) is 0 Å². The normalized spacial score (nSPS) is 17.6. The highest BCUT2D eigenvalue weighted by molar-refractivity contribution is 5.79. The number of aryl methyl sites for hydroxylation is 4. The second-order valence-corrected chi connectivity index (χ2v) is 6.05. The summed E-state index contributed by atoms with van der Waals surface area (Å²) in [6, 6.07) is 0.0504. The van der Waals surface area contributed by atoms with Crippen LogP contribution in [0.1, 0.15) is 35.7 Å². The summed E-state index contributed by atoms with van der Waals surface area (Å²) in [5.41, 5.74) is 1.50. The molecule has 8 heteroatoms. The number of hydrogen-bond donors (Lipinski definition) is 1. The fourth-order valence-electron chi connectivity index (χ4n) is 3.04. The maximum absolute atomic E-state index is 12.3. The van der Waals surface area contributed by atoms with Gasteiger partial charge in [-0.1, -0.05) is 5.16 Å². The summed E-state index contributed by atoms with van der Waals surface area (Å²) >= 11 is 0. The lowest BCUT2D eigenvalue weighted by Gasteiger charge is -2.16. The number of amides is 1. The van der Waals surface area contributed by atoms with Crippen molar-refractivity contribution in [3.8, 4) is 0 Å². The molecule has 1 aliphatic rings. The van der Waals surface area contributed by atoms with Crippen LogP contribution in [-0.2, 0) is 31.2 Å². The molecule has 0 bridgehead atoms. The molecule has 0 fully saturated rings. The van der Waals surface area contributed by atoms with Gasteiger partial charge in [0.25, 0.3) is 0 Å². The smallest absolute Gasteiger partial charge is 0.345 e. The highest BCUT2D eigenvalue weighted by Gasteiger charge is 2.22. The van der Waals surface area contributed by atoms with E-state index in [1.165, 1.54) is 4.68 Å². The molecule has 2 aromatic heterocycles. The first-order valence-electron chi connectivity index (χ1n) is 7.79. The first-order valence-corrected chi connectivity index (χ1v) is 7.79. The molecule has 1 unspecified atom stereocenters. The first-order chi connectivity index (χ1) is 11.0. The van der Waals surface area contributed by atoms with Gasteiger partial charge in [0.2, 0.25) is 5.91 Å². The lowest BCUT2D eigenvalue weighted by Crippen LogP contribution is -2.36. The van der Waals surface area contributed by atoms with Gasteiger partial charge in [0.05, 0.1) is 12.1 Å². The van der Waals surface area contributed by atoms with Crippen LogP contribution in [0.3, 0.4) is 0 Å². The van der Waals surface area contributed by atoms with Crippen molar-refractivity contribution in [2.75, 3.05) is 0 Å². The van der Waals surface area contributed by atoms with E-state index in [2.05, 4.69) is 15.6 Å². The molecule has 23 heavy (non-hydrogen) atoms. The zero-order valence-electron chi connectivity index (χ0n) is 13.6. The molecule has 0 saturated carbocycles. The summed E-state index contributed by atoms with van der Waals surface area (Å²) in [7, 11) is 1.66. The van der Waals surface area contributed by atoms with Crippen molar-refractivity contribution in [3.05, 3.63) is 33.3 Å². The van der Waals surface area contributed by atoms with Crippen molar-refractivity contribution in [2.24, 2.45) is 7.05 Å². The molecule has 3 heterocycles. The van der Waals surface area contributed by atoms with E-state index in [9.17, 15) is 9.59 Å². The second-order valence-electron chi connectivity index (χ2n) is 6.05. The molecule has 1 amide bonds.